The monoisotopic (exact) mass is 254 g/mol. The molecule has 72 valence electrons. The molecule has 2 heterocycles. The van der Waals surface area contributed by atoms with Crippen LogP contribution in [0.15, 0.2) is 23.1 Å². The minimum Gasteiger partial charge on any atom is -0.457 e. The SMILES string of the molecule is BrC1=COc2cc3c(cc2O1)NNC3. The van der Waals surface area contributed by atoms with Crippen LogP contribution in [0.3, 0.4) is 0 Å². The fourth-order valence-electron chi connectivity index (χ4n) is 1.51. The summed E-state index contributed by atoms with van der Waals surface area (Å²) in [6.45, 7) is 0.802. The van der Waals surface area contributed by atoms with Crippen molar-refractivity contribution in [2.45, 2.75) is 6.54 Å². The largest absolute Gasteiger partial charge is 0.457 e. The molecule has 4 nitrogen and oxygen atoms in total. The van der Waals surface area contributed by atoms with Gasteiger partial charge in [-0.1, -0.05) is 0 Å². The Kier molecular flexibility index (Phi) is 1.68. The van der Waals surface area contributed by atoms with Crippen molar-refractivity contribution in [2.24, 2.45) is 0 Å². The molecule has 0 aromatic heterocycles. The molecule has 0 fully saturated rings. The lowest BCUT2D eigenvalue weighted by Crippen LogP contribution is -2.10. The zero-order chi connectivity index (χ0) is 9.54. The van der Waals surface area contributed by atoms with Gasteiger partial charge in [-0.25, -0.2) is 5.43 Å². The van der Waals surface area contributed by atoms with Gasteiger partial charge in [0.25, 0.3) is 0 Å². The third kappa shape index (κ3) is 1.17. The van der Waals surface area contributed by atoms with E-state index in [9.17, 15) is 0 Å². The summed E-state index contributed by atoms with van der Waals surface area (Å²) in [6, 6.07) is 3.88. The van der Waals surface area contributed by atoms with E-state index in [0.29, 0.717) is 10.4 Å². The highest BCUT2D eigenvalue weighted by molar-refractivity contribution is 9.11. The molecule has 0 aliphatic carbocycles. The molecular formula is C9H7BrN2O2. The third-order valence-electron chi connectivity index (χ3n) is 2.16. The van der Waals surface area contributed by atoms with Crippen LogP contribution in [0.4, 0.5) is 5.69 Å². The molecule has 0 saturated heterocycles. The van der Waals surface area contributed by atoms with E-state index in [1.807, 2.05) is 12.1 Å². The van der Waals surface area contributed by atoms with Gasteiger partial charge in [-0.15, -0.1) is 0 Å². The lowest BCUT2D eigenvalue weighted by Gasteiger charge is -2.15. The fourth-order valence-corrected chi connectivity index (χ4v) is 1.78. The lowest BCUT2D eigenvalue weighted by molar-refractivity contribution is 0.354. The molecular weight excluding hydrogens is 248 g/mol. The summed E-state index contributed by atoms with van der Waals surface area (Å²) < 4.78 is 11.4. The van der Waals surface area contributed by atoms with Crippen molar-refractivity contribution in [1.29, 1.82) is 0 Å². The summed E-state index contributed by atoms with van der Waals surface area (Å²) in [6.07, 6.45) is 1.53. The highest BCUT2D eigenvalue weighted by Gasteiger charge is 2.18. The van der Waals surface area contributed by atoms with E-state index in [-0.39, 0.29) is 0 Å². The second kappa shape index (κ2) is 2.90. The topological polar surface area (TPSA) is 42.5 Å². The van der Waals surface area contributed by atoms with Crippen molar-refractivity contribution in [2.75, 3.05) is 5.43 Å². The molecule has 0 radical (unpaired) electrons. The van der Waals surface area contributed by atoms with E-state index in [0.717, 1.165) is 18.0 Å². The van der Waals surface area contributed by atoms with E-state index in [4.69, 9.17) is 9.47 Å². The molecule has 0 spiro atoms. The summed E-state index contributed by atoms with van der Waals surface area (Å²) in [4.78, 5) is 0. The third-order valence-corrected chi connectivity index (χ3v) is 2.51. The average Bonchev–Trinajstić information content (AvgIpc) is 2.61. The number of hydrogen-bond donors (Lipinski definition) is 2. The van der Waals surface area contributed by atoms with Crippen molar-refractivity contribution in [3.05, 3.63) is 28.6 Å². The van der Waals surface area contributed by atoms with Gasteiger partial charge in [-0.3, -0.25) is 0 Å². The molecule has 1 aromatic carbocycles. The summed E-state index contributed by atoms with van der Waals surface area (Å²) >= 11 is 3.22. The maximum absolute atomic E-state index is 5.44. The second-order valence-corrected chi connectivity index (χ2v) is 3.86. The van der Waals surface area contributed by atoms with Gasteiger partial charge in [0.2, 0.25) is 4.67 Å². The first-order valence-corrected chi connectivity index (χ1v) is 4.98. The molecule has 2 aliphatic rings. The van der Waals surface area contributed by atoms with Crippen LogP contribution in [0.25, 0.3) is 0 Å². The molecule has 2 aliphatic heterocycles. The number of hydrazine groups is 1. The van der Waals surface area contributed by atoms with Crippen molar-refractivity contribution < 1.29 is 9.47 Å². The molecule has 0 saturated carbocycles. The summed E-state index contributed by atoms with van der Waals surface area (Å²) in [5.74, 6) is 1.46. The molecule has 1 aromatic rings. The molecule has 0 bridgehead atoms. The first-order valence-electron chi connectivity index (χ1n) is 4.19. The maximum atomic E-state index is 5.44. The fraction of sp³-hybridized carbons (Fsp3) is 0.111. The predicted octanol–water partition coefficient (Wildman–Crippen LogP) is 2.08. The predicted molar refractivity (Wildman–Crippen MR) is 55.2 cm³/mol. The Balaban J connectivity index is 2.09. The summed E-state index contributed by atoms with van der Waals surface area (Å²) in [7, 11) is 0. The van der Waals surface area contributed by atoms with E-state index in [1.165, 1.54) is 11.8 Å². The molecule has 0 amide bonds. The van der Waals surface area contributed by atoms with Crippen molar-refractivity contribution in [3.63, 3.8) is 0 Å². The first-order chi connectivity index (χ1) is 6.83. The van der Waals surface area contributed by atoms with Crippen LogP contribution >= 0.6 is 15.9 Å². The minimum absolute atomic E-state index is 0.580. The smallest absolute Gasteiger partial charge is 0.204 e. The van der Waals surface area contributed by atoms with Crippen LogP contribution in [0.1, 0.15) is 5.56 Å². The molecule has 14 heavy (non-hydrogen) atoms. The molecule has 3 rings (SSSR count). The standard InChI is InChI=1S/C9H7BrN2O2/c10-9-4-13-7-1-5-3-11-12-6(5)2-8(7)14-9/h1-2,4,11-12H,3H2. The van der Waals surface area contributed by atoms with E-state index in [1.54, 1.807) is 0 Å². The Labute approximate surface area is 89.0 Å². The Morgan fingerprint density at radius 1 is 1.29 bits per heavy atom. The van der Waals surface area contributed by atoms with E-state index >= 15 is 0 Å². The van der Waals surface area contributed by atoms with Gasteiger partial charge in [0.1, 0.15) is 6.26 Å². The van der Waals surface area contributed by atoms with Gasteiger partial charge in [0, 0.05) is 12.6 Å². The van der Waals surface area contributed by atoms with E-state index in [2.05, 4.69) is 26.8 Å². The Hall–Kier alpha value is -1.20. The zero-order valence-electron chi connectivity index (χ0n) is 7.13. The van der Waals surface area contributed by atoms with E-state index < -0.39 is 0 Å². The quantitative estimate of drug-likeness (QED) is 0.744. The van der Waals surface area contributed by atoms with Gasteiger partial charge in [0.05, 0.1) is 5.69 Å². The minimum atomic E-state index is 0.580. The number of fused-ring (bicyclic) bond motifs is 2. The van der Waals surface area contributed by atoms with Crippen molar-refractivity contribution >= 4 is 21.6 Å². The van der Waals surface area contributed by atoms with Gasteiger partial charge in [0.15, 0.2) is 11.5 Å². The highest BCUT2D eigenvalue weighted by Crippen LogP contribution is 2.39. The number of ether oxygens (including phenoxy) is 2. The van der Waals surface area contributed by atoms with Gasteiger partial charge < -0.3 is 14.9 Å². The van der Waals surface area contributed by atoms with Crippen LogP contribution < -0.4 is 20.3 Å². The number of hydrogen-bond acceptors (Lipinski definition) is 4. The van der Waals surface area contributed by atoms with Crippen LogP contribution in [0.5, 0.6) is 11.5 Å². The summed E-state index contributed by atoms with van der Waals surface area (Å²) in [5.41, 5.74) is 8.29. The lowest BCUT2D eigenvalue weighted by atomic mass is 10.1. The second-order valence-electron chi connectivity index (χ2n) is 3.08. The first kappa shape index (κ1) is 8.14. The normalized spacial score (nSPS) is 17.1. The Bertz CT molecular complexity index is 431. The Morgan fingerprint density at radius 3 is 3.14 bits per heavy atom. The number of rotatable bonds is 0. The zero-order valence-corrected chi connectivity index (χ0v) is 8.72. The van der Waals surface area contributed by atoms with Crippen LogP contribution in [-0.4, -0.2) is 0 Å². The summed E-state index contributed by atoms with van der Waals surface area (Å²) in [5, 5.41) is 0. The maximum Gasteiger partial charge on any atom is 0.204 e. The number of nitrogens with one attached hydrogen (secondary N) is 2. The average molecular weight is 255 g/mol. The van der Waals surface area contributed by atoms with Gasteiger partial charge in [-0.05, 0) is 27.6 Å². The number of anilines is 1. The van der Waals surface area contributed by atoms with Gasteiger partial charge in [-0.2, -0.15) is 0 Å². The highest BCUT2D eigenvalue weighted by atomic mass is 79.9. The molecule has 0 atom stereocenters. The van der Waals surface area contributed by atoms with Crippen LogP contribution in [0.2, 0.25) is 0 Å². The van der Waals surface area contributed by atoms with Gasteiger partial charge >= 0.3 is 0 Å². The molecule has 0 unspecified atom stereocenters. The number of benzene rings is 1. The molecule has 5 heteroatoms. The van der Waals surface area contributed by atoms with Crippen molar-refractivity contribution in [3.8, 4) is 11.5 Å². The van der Waals surface area contributed by atoms with Crippen LogP contribution in [-0.2, 0) is 6.54 Å². The van der Waals surface area contributed by atoms with Crippen molar-refractivity contribution in [1.82, 2.24) is 5.43 Å². The van der Waals surface area contributed by atoms with Crippen LogP contribution in [0, 0.1) is 0 Å². The Morgan fingerprint density at radius 2 is 2.21 bits per heavy atom. The number of halogens is 1. The molecule has 2 N–H and O–H groups in total.